The van der Waals surface area contributed by atoms with Gasteiger partial charge in [0, 0.05) is 35.1 Å². The van der Waals surface area contributed by atoms with E-state index < -0.39 is 0 Å². The minimum Gasteiger partial charge on any atom is -0.493 e. The number of benzene rings is 2. The molecule has 32 heavy (non-hydrogen) atoms. The normalized spacial score (nSPS) is 13.8. The van der Waals surface area contributed by atoms with Gasteiger partial charge < -0.3 is 19.3 Å². The summed E-state index contributed by atoms with van der Waals surface area (Å²) >= 11 is 6.89. The Morgan fingerprint density at radius 2 is 1.12 bits per heavy atom. The Labute approximate surface area is 206 Å². The fourth-order valence-corrected chi connectivity index (χ4v) is 4.19. The molecule has 2 amide bonds. The fraction of sp³-hybridized carbons (Fsp3) is 0.417. The zero-order valence-corrected chi connectivity index (χ0v) is 21.6. The summed E-state index contributed by atoms with van der Waals surface area (Å²) in [5.41, 5.74) is 1.07. The maximum Gasteiger partial charge on any atom is 0.257 e. The van der Waals surface area contributed by atoms with Crippen molar-refractivity contribution in [2.45, 2.75) is 26.7 Å². The van der Waals surface area contributed by atoms with Crippen LogP contribution in [0.15, 0.2) is 45.3 Å². The third-order valence-corrected chi connectivity index (χ3v) is 6.11. The highest BCUT2D eigenvalue weighted by atomic mass is 79.9. The Hall–Kier alpha value is -2.06. The second kappa shape index (κ2) is 11.7. The predicted molar refractivity (Wildman–Crippen MR) is 132 cm³/mol. The van der Waals surface area contributed by atoms with Gasteiger partial charge in [0.05, 0.1) is 24.3 Å². The van der Waals surface area contributed by atoms with Crippen LogP contribution in [0.3, 0.4) is 0 Å². The van der Waals surface area contributed by atoms with Crippen LogP contribution in [0.2, 0.25) is 0 Å². The zero-order chi connectivity index (χ0) is 23.1. The zero-order valence-electron chi connectivity index (χ0n) is 18.4. The standard InChI is InChI=1S/C24H28Br2N2O4/c1-3-13-31-21-7-5-17(25)15-19(21)23(29)27-9-11-28(12-10-27)24(30)20-16-18(26)6-8-22(20)32-14-4-2/h5-8,15-16H,3-4,9-14H2,1-2H3. The average molecular weight is 568 g/mol. The molecule has 1 saturated heterocycles. The number of halogens is 2. The molecular formula is C24H28Br2N2O4. The van der Waals surface area contributed by atoms with Gasteiger partial charge in [-0.3, -0.25) is 9.59 Å². The highest BCUT2D eigenvalue weighted by Gasteiger charge is 2.28. The summed E-state index contributed by atoms with van der Waals surface area (Å²) < 4.78 is 13.2. The van der Waals surface area contributed by atoms with Crippen LogP contribution in [-0.4, -0.2) is 61.0 Å². The monoisotopic (exact) mass is 566 g/mol. The summed E-state index contributed by atoms with van der Waals surface area (Å²) in [7, 11) is 0. The van der Waals surface area contributed by atoms with Crippen LogP contribution in [-0.2, 0) is 0 Å². The molecule has 8 heteroatoms. The lowest BCUT2D eigenvalue weighted by Crippen LogP contribution is -2.50. The highest BCUT2D eigenvalue weighted by Crippen LogP contribution is 2.27. The number of hydrogen-bond donors (Lipinski definition) is 0. The van der Waals surface area contributed by atoms with E-state index in [1.807, 2.05) is 38.1 Å². The number of amides is 2. The predicted octanol–water partition coefficient (Wildman–Crippen LogP) is 5.39. The Kier molecular flexibility index (Phi) is 8.99. The van der Waals surface area contributed by atoms with Crippen molar-refractivity contribution in [2.75, 3.05) is 39.4 Å². The summed E-state index contributed by atoms with van der Waals surface area (Å²) in [6, 6.07) is 11.0. The van der Waals surface area contributed by atoms with E-state index in [-0.39, 0.29) is 11.8 Å². The largest absolute Gasteiger partial charge is 0.493 e. The van der Waals surface area contributed by atoms with Gasteiger partial charge in [-0.25, -0.2) is 0 Å². The van der Waals surface area contributed by atoms with Gasteiger partial charge in [0.25, 0.3) is 11.8 Å². The van der Waals surface area contributed by atoms with E-state index in [0.29, 0.717) is 62.0 Å². The van der Waals surface area contributed by atoms with Gasteiger partial charge in [0.1, 0.15) is 11.5 Å². The number of carbonyl (C=O) groups excluding carboxylic acids is 2. The fourth-order valence-electron chi connectivity index (χ4n) is 3.47. The van der Waals surface area contributed by atoms with Crippen molar-refractivity contribution in [3.8, 4) is 11.5 Å². The second-order valence-corrected chi connectivity index (χ2v) is 9.39. The van der Waals surface area contributed by atoms with Crippen LogP contribution in [0, 0.1) is 0 Å². The quantitative estimate of drug-likeness (QED) is 0.429. The molecule has 2 aromatic carbocycles. The van der Waals surface area contributed by atoms with Crippen LogP contribution in [0.25, 0.3) is 0 Å². The Morgan fingerprint density at radius 3 is 1.47 bits per heavy atom. The van der Waals surface area contributed by atoms with E-state index in [4.69, 9.17) is 9.47 Å². The van der Waals surface area contributed by atoms with E-state index in [1.54, 1.807) is 21.9 Å². The first-order chi connectivity index (χ1) is 15.4. The van der Waals surface area contributed by atoms with Crippen molar-refractivity contribution in [1.82, 2.24) is 9.80 Å². The molecule has 0 radical (unpaired) electrons. The summed E-state index contributed by atoms with van der Waals surface area (Å²) in [5.74, 6) is 1.01. The number of nitrogens with zero attached hydrogens (tertiary/aromatic N) is 2. The van der Waals surface area contributed by atoms with Crippen molar-refractivity contribution < 1.29 is 19.1 Å². The molecule has 172 valence electrons. The van der Waals surface area contributed by atoms with E-state index in [9.17, 15) is 9.59 Å². The molecule has 0 atom stereocenters. The molecule has 0 spiro atoms. The van der Waals surface area contributed by atoms with Crippen LogP contribution in [0.1, 0.15) is 47.4 Å². The number of carbonyl (C=O) groups is 2. The molecule has 0 unspecified atom stereocenters. The van der Waals surface area contributed by atoms with E-state index in [2.05, 4.69) is 31.9 Å². The maximum absolute atomic E-state index is 13.2. The summed E-state index contributed by atoms with van der Waals surface area (Å²) in [6.07, 6.45) is 1.73. The third-order valence-electron chi connectivity index (χ3n) is 5.12. The van der Waals surface area contributed by atoms with Crippen LogP contribution < -0.4 is 9.47 Å². The lowest BCUT2D eigenvalue weighted by Gasteiger charge is -2.35. The number of rotatable bonds is 8. The van der Waals surface area contributed by atoms with E-state index >= 15 is 0 Å². The summed E-state index contributed by atoms with van der Waals surface area (Å²) in [4.78, 5) is 29.9. The van der Waals surface area contributed by atoms with Crippen LogP contribution >= 0.6 is 31.9 Å². The molecule has 2 aromatic rings. The second-order valence-electron chi connectivity index (χ2n) is 7.56. The third kappa shape index (κ3) is 6.04. The van der Waals surface area contributed by atoms with Gasteiger partial charge in [0.2, 0.25) is 0 Å². The molecule has 1 aliphatic rings. The average Bonchev–Trinajstić information content (AvgIpc) is 2.81. The van der Waals surface area contributed by atoms with Crippen molar-refractivity contribution in [1.29, 1.82) is 0 Å². The molecule has 0 bridgehead atoms. The van der Waals surface area contributed by atoms with E-state index in [0.717, 1.165) is 21.8 Å². The Morgan fingerprint density at radius 1 is 0.750 bits per heavy atom. The SMILES string of the molecule is CCCOc1ccc(Br)cc1C(=O)N1CCN(C(=O)c2cc(Br)ccc2OCCC)CC1. The molecule has 1 heterocycles. The molecule has 0 aliphatic carbocycles. The highest BCUT2D eigenvalue weighted by molar-refractivity contribution is 9.10. The van der Waals surface area contributed by atoms with Gasteiger partial charge in [-0.2, -0.15) is 0 Å². The van der Waals surface area contributed by atoms with Gasteiger partial charge in [-0.1, -0.05) is 45.7 Å². The first-order valence-corrected chi connectivity index (χ1v) is 12.5. The van der Waals surface area contributed by atoms with Crippen LogP contribution in [0.4, 0.5) is 0 Å². The van der Waals surface area contributed by atoms with E-state index in [1.165, 1.54) is 0 Å². The minimum atomic E-state index is -0.0843. The van der Waals surface area contributed by atoms with Gasteiger partial charge >= 0.3 is 0 Å². The molecule has 0 saturated carbocycles. The van der Waals surface area contributed by atoms with Crippen molar-refractivity contribution in [3.05, 3.63) is 56.5 Å². The topological polar surface area (TPSA) is 59.1 Å². The molecule has 1 aliphatic heterocycles. The van der Waals surface area contributed by atoms with Crippen molar-refractivity contribution in [2.24, 2.45) is 0 Å². The van der Waals surface area contributed by atoms with Gasteiger partial charge in [-0.05, 0) is 49.2 Å². The van der Waals surface area contributed by atoms with Crippen LogP contribution in [0.5, 0.6) is 11.5 Å². The molecule has 3 rings (SSSR count). The minimum absolute atomic E-state index is 0.0843. The van der Waals surface area contributed by atoms with Crippen molar-refractivity contribution in [3.63, 3.8) is 0 Å². The van der Waals surface area contributed by atoms with Gasteiger partial charge in [-0.15, -0.1) is 0 Å². The number of ether oxygens (including phenoxy) is 2. The Bertz CT molecular complexity index is 882. The number of piperazine rings is 1. The Balaban J connectivity index is 1.69. The summed E-state index contributed by atoms with van der Waals surface area (Å²) in [5, 5.41) is 0. The molecule has 6 nitrogen and oxygen atoms in total. The van der Waals surface area contributed by atoms with Crippen molar-refractivity contribution >= 4 is 43.7 Å². The number of hydrogen-bond acceptors (Lipinski definition) is 4. The molecule has 1 fully saturated rings. The summed E-state index contributed by atoms with van der Waals surface area (Å²) in [6.45, 7) is 7.01. The maximum atomic E-state index is 13.2. The smallest absolute Gasteiger partial charge is 0.257 e. The molecular weight excluding hydrogens is 540 g/mol. The first-order valence-electron chi connectivity index (χ1n) is 10.9. The molecule has 0 N–H and O–H groups in total. The lowest BCUT2D eigenvalue weighted by atomic mass is 10.1. The first kappa shape index (κ1) is 24.6. The molecule has 0 aromatic heterocycles. The lowest BCUT2D eigenvalue weighted by molar-refractivity contribution is 0.0530. The van der Waals surface area contributed by atoms with Gasteiger partial charge in [0.15, 0.2) is 0 Å².